The smallest absolute Gasteiger partial charge is 0.416 e. The Bertz CT molecular complexity index is 1210. The average Bonchev–Trinajstić information content (AvgIpc) is 3.36. The van der Waals surface area contributed by atoms with Crippen LogP contribution in [0.2, 0.25) is 0 Å². The van der Waals surface area contributed by atoms with Crippen LogP contribution in [0.5, 0.6) is 0 Å². The van der Waals surface area contributed by atoms with E-state index in [9.17, 15) is 22.8 Å². The first-order valence-electron chi connectivity index (χ1n) is 10.6. The molecule has 2 heterocycles. The van der Waals surface area contributed by atoms with Crippen molar-refractivity contribution in [3.8, 4) is 0 Å². The van der Waals surface area contributed by atoms with E-state index in [1.54, 1.807) is 13.8 Å². The quantitative estimate of drug-likeness (QED) is 0.542. The molecule has 8 heteroatoms. The highest BCUT2D eigenvalue weighted by Crippen LogP contribution is 2.44. The van der Waals surface area contributed by atoms with Gasteiger partial charge in [0, 0.05) is 17.2 Å². The molecule has 2 aromatic carbocycles. The third-order valence-electron chi connectivity index (χ3n) is 6.71. The first-order valence-corrected chi connectivity index (χ1v) is 10.6. The summed E-state index contributed by atoms with van der Waals surface area (Å²) in [5, 5.41) is 3.00. The van der Waals surface area contributed by atoms with Crippen LogP contribution in [0.1, 0.15) is 36.6 Å². The fourth-order valence-corrected chi connectivity index (χ4v) is 4.80. The van der Waals surface area contributed by atoms with Gasteiger partial charge >= 0.3 is 6.18 Å². The van der Waals surface area contributed by atoms with Gasteiger partial charge in [-0.05, 0) is 61.2 Å². The van der Waals surface area contributed by atoms with Crippen molar-refractivity contribution in [3.63, 3.8) is 0 Å². The number of anilines is 1. The molecule has 1 aliphatic carbocycles. The summed E-state index contributed by atoms with van der Waals surface area (Å²) in [5.74, 6) is -0.641. The minimum absolute atomic E-state index is 0.0723. The summed E-state index contributed by atoms with van der Waals surface area (Å²) in [6.07, 6.45) is -3.21. The number of hydrogen-bond donors (Lipinski definition) is 1. The van der Waals surface area contributed by atoms with Crippen molar-refractivity contribution < 1.29 is 27.5 Å². The Morgan fingerprint density at radius 3 is 2.45 bits per heavy atom. The third kappa shape index (κ3) is 3.41. The Labute approximate surface area is 188 Å². The van der Waals surface area contributed by atoms with Gasteiger partial charge in [-0.2, -0.15) is 13.2 Å². The molecule has 2 aromatic rings. The lowest BCUT2D eigenvalue weighted by molar-refractivity contribution is -0.137. The van der Waals surface area contributed by atoms with Gasteiger partial charge in [0.15, 0.2) is 0 Å². The molecule has 5 nitrogen and oxygen atoms in total. The molecule has 3 unspecified atom stereocenters. The zero-order valence-electron chi connectivity index (χ0n) is 17.9. The number of fused-ring (bicyclic) bond motifs is 3. The Kier molecular flexibility index (Phi) is 4.84. The van der Waals surface area contributed by atoms with Crippen LogP contribution in [0.3, 0.4) is 0 Å². The molecule has 170 valence electrons. The molecule has 2 aliphatic heterocycles. The van der Waals surface area contributed by atoms with E-state index in [1.165, 1.54) is 28.9 Å². The Hall–Kier alpha value is -3.55. The number of carbonyl (C=O) groups is 2. The Morgan fingerprint density at radius 2 is 1.76 bits per heavy atom. The lowest BCUT2D eigenvalue weighted by atomic mass is 9.97. The number of alkyl halides is 3. The molecule has 33 heavy (non-hydrogen) atoms. The van der Waals surface area contributed by atoms with E-state index in [0.29, 0.717) is 23.1 Å². The van der Waals surface area contributed by atoms with Crippen LogP contribution in [-0.2, 0) is 26.9 Å². The first-order chi connectivity index (χ1) is 15.7. The molecular formula is C25H21F3N2O3. The van der Waals surface area contributed by atoms with Crippen molar-refractivity contribution in [3.05, 3.63) is 88.2 Å². The largest absolute Gasteiger partial charge is 0.473 e. The highest BCUT2D eigenvalue weighted by atomic mass is 19.4. The predicted molar refractivity (Wildman–Crippen MR) is 115 cm³/mol. The van der Waals surface area contributed by atoms with Crippen LogP contribution in [0.4, 0.5) is 18.9 Å². The van der Waals surface area contributed by atoms with Crippen molar-refractivity contribution in [1.29, 1.82) is 0 Å². The summed E-state index contributed by atoms with van der Waals surface area (Å²) < 4.78 is 44.8. The summed E-state index contributed by atoms with van der Waals surface area (Å²) in [5.41, 5.74) is 3.35. The third-order valence-corrected chi connectivity index (χ3v) is 6.71. The van der Waals surface area contributed by atoms with Crippen molar-refractivity contribution in [2.75, 3.05) is 4.90 Å². The van der Waals surface area contributed by atoms with Crippen LogP contribution < -0.4 is 10.2 Å². The van der Waals surface area contributed by atoms with Gasteiger partial charge in [0.2, 0.25) is 6.23 Å². The molecular weight excluding hydrogens is 433 g/mol. The molecule has 0 aromatic heterocycles. The maximum Gasteiger partial charge on any atom is 0.416 e. The monoisotopic (exact) mass is 454 g/mol. The first kappa shape index (κ1) is 21.3. The van der Waals surface area contributed by atoms with E-state index < -0.39 is 18.0 Å². The molecule has 1 N–H and O–H groups in total. The number of nitrogens with zero attached hydrogens (tertiary/aromatic N) is 1. The summed E-state index contributed by atoms with van der Waals surface area (Å²) in [4.78, 5) is 26.8. The van der Waals surface area contributed by atoms with Gasteiger partial charge in [0.05, 0.1) is 23.4 Å². The zero-order valence-corrected chi connectivity index (χ0v) is 17.9. The second kappa shape index (κ2) is 7.50. The van der Waals surface area contributed by atoms with Gasteiger partial charge in [-0.1, -0.05) is 24.3 Å². The Morgan fingerprint density at radius 1 is 1.06 bits per heavy atom. The van der Waals surface area contributed by atoms with Crippen LogP contribution in [-0.4, -0.2) is 18.0 Å². The average molecular weight is 454 g/mol. The molecule has 0 saturated carbocycles. The number of ether oxygens (including phenoxy) is 1. The lowest BCUT2D eigenvalue weighted by Gasteiger charge is -2.26. The van der Waals surface area contributed by atoms with E-state index in [2.05, 4.69) is 5.32 Å². The van der Waals surface area contributed by atoms with Crippen molar-refractivity contribution >= 4 is 17.5 Å². The van der Waals surface area contributed by atoms with Gasteiger partial charge in [-0.25, -0.2) is 0 Å². The van der Waals surface area contributed by atoms with E-state index in [-0.39, 0.29) is 29.5 Å². The van der Waals surface area contributed by atoms with Crippen LogP contribution in [0, 0.1) is 5.92 Å². The van der Waals surface area contributed by atoms with Crippen LogP contribution in [0.25, 0.3) is 0 Å². The summed E-state index contributed by atoms with van der Waals surface area (Å²) in [6, 6.07) is 12.2. The summed E-state index contributed by atoms with van der Waals surface area (Å²) in [6.45, 7) is 3.39. The minimum atomic E-state index is -4.47. The van der Waals surface area contributed by atoms with Crippen molar-refractivity contribution in [1.82, 2.24) is 5.32 Å². The molecule has 1 saturated heterocycles. The molecule has 0 spiro atoms. The maximum absolute atomic E-state index is 13.0. The van der Waals surface area contributed by atoms with Gasteiger partial charge in [-0.15, -0.1) is 0 Å². The summed E-state index contributed by atoms with van der Waals surface area (Å²) >= 11 is 0. The molecule has 0 bridgehead atoms. The second-order valence-corrected chi connectivity index (χ2v) is 8.55. The van der Waals surface area contributed by atoms with Gasteiger partial charge in [0.1, 0.15) is 0 Å². The van der Waals surface area contributed by atoms with Crippen LogP contribution >= 0.6 is 0 Å². The number of benzene rings is 2. The van der Waals surface area contributed by atoms with E-state index in [1.807, 2.05) is 24.3 Å². The summed E-state index contributed by atoms with van der Waals surface area (Å²) in [7, 11) is 0. The van der Waals surface area contributed by atoms with E-state index in [0.717, 1.165) is 17.7 Å². The standard InChI is InChI=1S/C25H21F3N2O3/c1-13-14(2)24(30(23(13)32)17-9-7-16(8-10-17)25(26,27)28)33-12-20-19-11-15-5-3-4-6-18(15)21(19)29-22(20)31/h3-10,12,19,21,24H,11H2,1-2H3,(H,29,31). The topological polar surface area (TPSA) is 58.6 Å². The highest BCUT2D eigenvalue weighted by Gasteiger charge is 2.44. The SMILES string of the molecule is CC1=C(C)C(OC=C2C(=O)NC3c4ccccc4CC23)N(c2ccc(C(F)(F)F)cc2)C1=O. The van der Waals surface area contributed by atoms with E-state index in [4.69, 9.17) is 4.74 Å². The van der Waals surface area contributed by atoms with Gasteiger partial charge < -0.3 is 10.1 Å². The van der Waals surface area contributed by atoms with Gasteiger partial charge in [-0.3, -0.25) is 14.5 Å². The Balaban J connectivity index is 1.42. The molecule has 5 rings (SSSR count). The maximum atomic E-state index is 13.0. The van der Waals surface area contributed by atoms with Crippen LogP contribution in [0.15, 0.2) is 71.5 Å². The molecule has 3 aliphatic rings. The fraction of sp³-hybridized carbons (Fsp3) is 0.280. The zero-order chi connectivity index (χ0) is 23.5. The van der Waals surface area contributed by atoms with Crippen molar-refractivity contribution in [2.24, 2.45) is 5.92 Å². The van der Waals surface area contributed by atoms with Gasteiger partial charge in [0.25, 0.3) is 11.8 Å². The number of carbonyl (C=O) groups excluding carboxylic acids is 2. The number of nitrogens with one attached hydrogen (secondary N) is 1. The predicted octanol–water partition coefficient (Wildman–Crippen LogP) is 4.66. The number of amides is 2. The normalized spacial score (nSPS) is 25.5. The number of halogens is 3. The van der Waals surface area contributed by atoms with E-state index >= 15 is 0 Å². The second-order valence-electron chi connectivity index (χ2n) is 8.55. The van der Waals surface area contributed by atoms with Crippen molar-refractivity contribution in [2.45, 2.75) is 38.7 Å². The minimum Gasteiger partial charge on any atom is -0.473 e. The fourth-order valence-electron chi connectivity index (χ4n) is 4.80. The lowest BCUT2D eigenvalue weighted by Crippen LogP contribution is -2.36. The molecule has 1 fully saturated rings. The highest BCUT2D eigenvalue weighted by molar-refractivity contribution is 6.09. The number of hydrogen-bond acceptors (Lipinski definition) is 3. The molecule has 0 radical (unpaired) electrons. The molecule has 2 amide bonds. The number of rotatable bonds is 3. The molecule has 3 atom stereocenters.